The third kappa shape index (κ3) is 1.36. The van der Waals surface area contributed by atoms with Gasteiger partial charge < -0.3 is 5.11 Å². The highest BCUT2D eigenvalue weighted by molar-refractivity contribution is 9.10. The van der Waals surface area contributed by atoms with Gasteiger partial charge in [-0.2, -0.15) is 0 Å². The van der Waals surface area contributed by atoms with Crippen LogP contribution >= 0.6 is 15.9 Å². The first kappa shape index (κ1) is 9.22. The third-order valence-electron chi connectivity index (χ3n) is 3.13. The maximum absolute atomic E-state index is 9.53. The van der Waals surface area contributed by atoms with E-state index < -0.39 is 0 Å². The van der Waals surface area contributed by atoms with Gasteiger partial charge in [0.2, 0.25) is 0 Å². The zero-order valence-corrected chi connectivity index (χ0v) is 9.84. The number of hydrogen-bond acceptors (Lipinski definition) is 1. The summed E-state index contributed by atoms with van der Waals surface area (Å²) < 4.78 is 1.01. The number of aryl methyl sites for hydroxylation is 2. The standard InChI is InChI=1S/C13H11BrO/c14-12-7-10(15)6-9-5-4-8-2-1-3-11(8)13(9)12/h4-7,15H,1-3H2. The van der Waals surface area contributed by atoms with Crippen LogP contribution in [0.1, 0.15) is 17.5 Å². The van der Waals surface area contributed by atoms with E-state index in [4.69, 9.17) is 0 Å². The van der Waals surface area contributed by atoms with Gasteiger partial charge in [0.1, 0.15) is 5.75 Å². The molecule has 0 fully saturated rings. The summed E-state index contributed by atoms with van der Waals surface area (Å²) in [5.74, 6) is 0.326. The molecule has 0 aliphatic heterocycles. The molecule has 0 atom stereocenters. The summed E-state index contributed by atoms with van der Waals surface area (Å²) in [5.41, 5.74) is 2.92. The van der Waals surface area contributed by atoms with E-state index in [0.717, 1.165) is 16.3 Å². The lowest BCUT2D eigenvalue weighted by molar-refractivity contribution is 0.476. The number of benzene rings is 2. The van der Waals surface area contributed by atoms with Crippen molar-refractivity contribution >= 4 is 26.7 Å². The molecule has 15 heavy (non-hydrogen) atoms. The Balaban J connectivity index is 2.45. The molecule has 2 aromatic carbocycles. The Labute approximate surface area is 96.9 Å². The van der Waals surface area contributed by atoms with Gasteiger partial charge in [0.15, 0.2) is 0 Å². The van der Waals surface area contributed by atoms with E-state index >= 15 is 0 Å². The molecule has 0 amide bonds. The van der Waals surface area contributed by atoms with Gasteiger partial charge >= 0.3 is 0 Å². The Bertz CT molecular complexity index is 546. The number of aromatic hydroxyl groups is 1. The zero-order chi connectivity index (χ0) is 10.4. The number of hydrogen-bond donors (Lipinski definition) is 1. The summed E-state index contributed by atoms with van der Waals surface area (Å²) in [6.45, 7) is 0. The van der Waals surface area contributed by atoms with Crippen molar-refractivity contribution in [3.05, 3.63) is 39.9 Å². The van der Waals surface area contributed by atoms with E-state index in [-0.39, 0.29) is 0 Å². The SMILES string of the molecule is Oc1cc(Br)c2c3c(ccc2c1)CCC3. The van der Waals surface area contributed by atoms with E-state index in [1.807, 2.05) is 6.07 Å². The molecule has 2 aromatic rings. The van der Waals surface area contributed by atoms with Crippen molar-refractivity contribution in [1.82, 2.24) is 0 Å². The van der Waals surface area contributed by atoms with Gasteiger partial charge in [-0.25, -0.2) is 0 Å². The molecule has 0 aromatic heterocycles. The monoisotopic (exact) mass is 262 g/mol. The molecule has 0 radical (unpaired) electrons. The van der Waals surface area contributed by atoms with E-state index in [1.165, 1.54) is 29.4 Å². The van der Waals surface area contributed by atoms with Gasteiger partial charge in [0.25, 0.3) is 0 Å². The number of halogens is 1. The van der Waals surface area contributed by atoms with E-state index in [9.17, 15) is 5.11 Å². The molecule has 1 nitrogen and oxygen atoms in total. The van der Waals surface area contributed by atoms with Gasteiger partial charge in [0, 0.05) is 4.47 Å². The number of rotatable bonds is 0. The second kappa shape index (κ2) is 3.24. The molecule has 1 N–H and O–H groups in total. The molecule has 1 aliphatic rings. The van der Waals surface area contributed by atoms with Crippen LogP contribution in [-0.4, -0.2) is 5.11 Å². The van der Waals surface area contributed by atoms with Crippen molar-refractivity contribution in [2.75, 3.05) is 0 Å². The molecule has 0 saturated heterocycles. The van der Waals surface area contributed by atoms with E-state index in [0.29, 0.717) is 5.75 Å². The Morgan fingerprint density at radius 2 is 2.00 bits per heavy atom. The maximum Gasteiger partial charge on any atom is 0.117 e. The fourth-order valence-electron chi connectivity index (χ4n) is 2.49. The average molecular weight is 263 g/mol. The van der Waals surface area contributed by atoms with Gasteiger partial charge in [-0.3, -0.25) is 0 Å². The Morgan fingerprint density at radius 1 is 1.13 bits per heavy atom. The summed E-state index contributed by atoms with van der Waals surface area (Å²) in [6.07, 6.45) is 3.61. The summed E-state index contributed by atoms with van der Waals surface area (Å²) in [6, 6.07) is 7.90. The smallest absolute Gasteiger partial charge is 0.117 e. The van der Waals surface area contributed by atoms with Crippen molar-refractivity contribution in [2.45, 2.75) is 19.3 Å². The number of fused-ring (bicyclic) bond motifs is 3. The quantitative estimate of drug-likeness (QED) is 0.766. The lowest BCUT2D eigenvalue weighted by Gasteiger charge is -2.08. The van der Waals surface area contributed by atoms with Crippen LogP contribution in [0.4, 0.5) is 0 Å². The molecular weight excluding hydrogens is 252 g/mol. The molecule has 3 rings (SSSR count). The molecule has 76 valence electrons. The zero-order valence-electron chi connectivity index (χ0n) is 8.26. The highest BCUT2D eigenvalue weighted by Gasteiger charge is 2.15. The molecule has 1 aliphatic carbocycles. The first-order valence-electron chi connectivity index (χ1n) is 5.19. The molecule has 0 heterocycles. The predicted molar refractivity (Wildman–Crippen MR) is 65.3 cm³/mol. The normalized spacial score (nSPS) is 14.5. The topological polar surface area (TPSA) is 20.2 Å². The second-order valence-corrected chi connectivity index (χ2v) is 4.94. The van der Waals surface area contributed by atoms with Crippen LogP contribution in [0.3, 0.4) is 0 Å². The molecule has 0 bridgehead atoms. The van der Waals surface area contributed by atoms with Crippen molar-refractivity contribution < 1.29 is 5.11 Å². The van der Waals surface area contributed by atoms with Crippen molar-refractivity contribution in [1.29, 1.82) is 0 Å². The Hall–Kier alpha value is -1.02. The van der Waals surface area contributed by atoms with Gasteiger partial charge in [-0.15, -0.1) is 0 Å². The summed E-state index contributed by atoms with van der Waals surface area (Å²) >= 11 is 3.54. The minimum absolute atomic E-state index is 0.326. The highest BCUT2D eigenvalue weighted by Crippen LogP contribution is 2.36. The average Bonchev–Trinajstić information content (AvgIpc) is 2.63. The fourth-order valence-corrected chi connectivity index (χ4v) is 3.19. The number of phenols is 1. The van der Waals surface area contributed by atoms with E-state index in [2.05, 4.69) is 28.1 Å². The summed E-state index contributed by atoms with van der Waals surface area (Å²) in [7, 11) is 0. The lowest BCUT2D eigenvalue weighted by Crippen LogP contribution is -1.86. The first-order chi connectivity index (χ1) is 7.25. The van der Waals surface area contributed by atoms with Crippen molar-refractivity contribution in [3.8, 4) is 5.75 Å². The van der Waals surface area contributed by atoms with Crippen molar-refractivity contribution in [2.24, 2.45) is 0 Å². The van der Waals surface area contributed by atoms with Crippen LogP contribution < -0.4 is 0 Å². The highest BCUT2D eigenvalue weighted by atomic mass is 79.9. The Morgan fingerprint density at radius 3 is 2.87 bits per heavy atom. The van der Waals surface area contributed by atoms with E-state index in [1.54, 1.807) is 6.07 Å². The van der Waals surface area contributed by atoms with Gasteiger partial charge in [-0.1, -0.05) is 28.1 Å². The van der Waals surface area contributed by atoms with Crippen molar-refractivity contribution in [3.63, 3.8) is 0 Å². The minimum atomic E-state index is 0.326. The third-order valence-corrected chi connectivity index (χ3v) is 3.76. The van der Waals surface area contributed by atoms with Crippen LogP contribution in [0.25, 0.3) is 10.8 Å². The van der Waals surface area contributed by atoms with Crippen LogP contribution in [0.15, 0.2) is 28.7 Å². The van der Waals surface area contributed by atoms with Crippen LogP contribution in [-0.2, 0) is 12.8 Å². The van der Waals surface area contributed by atoms with Gasteiger partial charge in [0.05, 0.1) is 0 Å². The lowest BCUT2D eigenvalue weighted by atomic mass is 10.0. The number of phenolic OH excluding ortho intramolecular Hbond substituents is 1. The summed E-state index contributed by atoms with van der Waals surface area (Å²) in [5, 5.41) is 11.9. The Kier molecular flexibility index (Phi) is 1.99. The molecule has 0 saturated carbocycles. The van der Waals surface area contributed by atoms with Crippen LogP contribution in [0.2, 0.25) is 0 Å². The summed E-state index contributed by atoms with van der Waals surface area (Å²) in [4.78, 5) is 0. The second-order valence-electron chi connectivity index (χ2n) is 4.08. The minimum Gasteiger partial charge on any atom is -0.508 e. The van der Waals surface area contributed by atoms with Crippen LogP contribution in [0.5, 0.6) is 5.75 Å². The molecule has 0 spiro atoms. The molecule has 2 heteroatoms. The fraction of sp³-hybridized carbons (Fsp3) is 0.231. The van der Waals surface area contributed by atoms with Gasteiger partial charge in [-0.05, 0) is 53.3 Å². The predicted octanol–water partition coefficient (Wildman–Crippen LogP) is 3.80. The van der Waals surface area contributed by atoms with Crippen LogP contribution in [0, 0.1) is 0 Å². The first-order valence-corrected chi connectivity index (χ1v) is 5.98. The molecular formula is C13H11BrO. The largest absolute Gasteiger partial charge is 0.508 e. The molecule has 0 unspecified atom stereocenters. The maximum atomic E-state index is 9.53.